The van der Waals surface area contributed by atoms with E-state index < -0.39 is 0 Å². The molecular formula is C11H15NO2. The van der Waals surface area contributed by atoms with Gasteiger partial charge in [0.1, 0.15) is 0 Å². The van der Waals surface area contributed by atoms with E-state index in [1.165, 1.54) is 5.56 Å². The lowest BCUT2D eigenvalue weighted by atomic mass is 10.1. The molecule has 0 aliphatic carbocycles. The Balaban J connectivity index is 2.05. The number of nitrogens with two attached hydrogens (primary N) is 1. The average Bonchev–Trinajstić information content (AvgIpc) is 2.61. The van der Waals surface area contributed by atoms with E-state index >= 15 is 0 Å². The third kappa shape index (κ3) is 1.99. The molecule has 0 unspecified atom stereocenters. The van der Waals surface area contributed by atoms with E-state index in [1.807, 2.05) is 19.1 Å². The van der Waals surface area contributed by atoms with Gasteiger partial charge in [0, 0.05) is 6.04 Å². The van der Waals surface area contributed by atoms with Crippen molar-refractivity contribution in [3.63, 3.8) is 0 Å². The first-order valence-electron chi connectivity index (χ1n) is 4.90. The molecule has 3 heteroatoms. The van der Waals surface area contributed by atoms with E-state index in [0.29, 0.717) is 6.79 Å². The van der Waals surface area contributed by atoms with Crippen molar-refractivity contribution in [2.45, 2.75) is 25.8 Å². The van der Waals surface area contributed by atoms with Gasteiger partial charge in [-0.15, -0.1) is 0 Å². The monoisotopic (exact) mass is 193 g/mol. The maximum atomic E-state index is 5.70. The predicted molar refractivity (Wildman–Crippen MR) is 54.5 cm³/mol. The summed E-state index contributed by atoms with van der Waals surface area (Å²) in [6.45, 7) is 2.36. The number of rotatable bonds is 3. The van der Waals surface area contributed by atoms with Crippen LogP contribution in [0.15, 0.2) is 18.2 Å². The van der Waals surface area contributed by atoms with Crippen LogP contribution in [0.4, 0.5) is 0 Å². The van der Waals surface area contributed by atoms with Crippen LogP contribution in [0.25, 0.3) is 0 Å². The minimum Gasteiger partial charge on any atom is -0.454 e. The molecular weight excluding hydrogens is 178 g/mol. The Hall–Kier alpha value is -1.22. The van der Waals surface area contributed by atoms with Crippen LogP contribution in [-0.4, -0.2) is 12.8 Å². The molecule has 1 aromatic carbocycles. The summed E-state index contributed by atoms with van der Waals surface area (Å²) in [5, 5.41) is 0. The molecule has 0 saturated heterocycles. The van der Waals surface area contributed by atoms with Crippen LogP contribution < -0.4 is 15.2 Å². The highest BCUT2D eigenvalue weighted by Gasteiger charge is 2.12. The number of aryl methyl sites for hydroxylation is 1. The smallest absolute Gasteiger partial charge is 0.231 e. The van der Waals surface area contributed by atoms with Gasteiger partial charge >= 0.3 is 0 Å². The lowest BCUT2D eigenvalue weighted by Gasteiger charge is -2.05. The Bertz CT molecular complexity index is 323. The Kier molecular flexibility index (Phi) is 2.59. The Morgan fingerprint density at radius 1 is 1.36 bits per heavy atom. The van der Waals surface area contributed by atoms with E-state index in [0.717, 1.165) is 24.3 Å². The summed E-state index contributed by atoms with van der Waals surface area (Å²) >= 11 is 0. The summed E-state index contributed by atoms with van der Waals surface area (Å²) in [6.07, 6.45) is 1.99. The molecule has 0 aromatic heterocycles. The van der Waals surface area contributed by atoms with E-state index in [2.05, 4.69) is 6.07 Å². The van der Waals surface area contributed by atoms with Gasteiger partial charge in [-0.25, -0.2) is 0 Å². The van der Waals surface area contributed by atoms with Crippen LogP contribution in [-0.2, 0) is 6.42 Å². The quantitative estimate of drug-likeness (QED) is 0.794. The number of ether oxygens (including phenoxy) is 2. The van der Waals surface area contributed by atoms with Crippen molar-refractivity contribution in [1.82, 2.24) is 0 Å². The molecule has 1 aliphatic rings. The van der Waals surface area contributed by atoms with Crippen LogP contribution in [0.2, 0.25) is 0 Å². The molecule has 1 aromatic rings. The second-order valence-corrected chi connectivity index (χ2v) is 3.70. The van der Waals surface area contributed by atoms with E-state index in [-0.39, 0.29) is 6.04 Å². The standard InChI is InChI=1S/C11H15NO2/c1-8(12)2-3-9-4-5-10-11(6-9)14-7-13-10/h4-6,8H,2-3,7,12H2,1H3/t8-/m1/s1. The summed E-state index contributed by atoms with van der Waals surface area (Å²) in [7, 11) is 0. The highest BCUT2D eigenvalue weighted by Crippen LogP contribution is 2.32. The van der Waals surface area contributed by atoms with Gasteiger partial charge < -0.3 is 15.2 Å². The van der Waals surface area contributed by atoms with Crippen molar-refractivity contribution in [2.24, 2.45) is 5.73 Å². The molecule has 0 spiro atoms. The van der Waals surface area contributed by atoms with Crippen molar-refractivity contribution in [2.75, 3.05) is 6.79 Å². The van der Waals surface area contributed by atoms with E-state index in [4.69, 9.17) is 15.2 Å². The minimum absolute atomic E-state index is 0.250. The fraction of sp³-hybridized carbons (Fsp3) is 0.455. The largest absolute Gasteiger partial charge is 0.454 e. The SMILES string of the molecule is C[C@@H](N)CCc1ccc2c(c1)OCO2. The second-order valence-electron chi connectivity index (χ2n) is 3.70. The fourth-order valence-corrected chi connectivity index (χ4v) is 1.49. The van der Waals surface area contributed by atoms with Gasteiger partial charge in [0.2, 0.25) is 6.79 Å². The molecule has 2 rings (SSSR count). The van der Waals surface area contributed by atoms with Crippen molar-refractivity contribution in [3.05, 3.63) is 23.8 Å². The number of hydrogen-bond acceptors (Lipinski definition) is 3. The van der Waals surface area contributed by atoms with E-state index in [1.54, 1.807) is 0 Å². The lowest BCUT2D eigenvalue weighted by molar-refractivity contribution is 0.174. The molecule has 0 saturated carbocycles. The van der Waals surface area contributed by atoms with Crippen molar-refractivity contribution < 1.29 is 9.47 Å². The van der Waals surface area contributed by atoms with Gasteiger partial charge in [-0.1, -0.05) is 6.07 Å². The molecule has 2 N–H and O–H groups in total. The molecule has 0 radical (unpaired) electrons. The number of benzene rings is 1. The maximum Gasteiger partial charge on any atom is 0.231 e. The van der Waals surface area contributed by atoms with Crippen molar-refractivity contribution >= 4 is 0 Å². The Labute approximate surface area is 83.8 Å². The first-order valence-corrected chi connectivity index (χ1v) is 4.90. The molecule has 0 bridgehead atoms. The van der Waals surface area contributed by atoms with Crippen LogP contribution in [0, 0.1) is 0 Å². The Morgan fingerprint density at radius 2 is 2.14 bits per heavy atom. The first kappa shape index (κ1) is 9.34. The zero-order valence-electron chi connectivity index (χ0n) is 8.32. The molecule has 0 fully saturated rings. The van der Waals surface area contributed by atoms with Gasteiger partial charge in [0.25, 0.3) is 0 Å². The number of fused-ring (bicyclic) bond motifs is 1. The molecule has 14 heavy (non-hydrogen) atoms. The van der Waals surface area contributed by atoms with Gasteiger partial charge in [-0.2, -0.15) is 0 Å². The topological polar surface area (TPSA) is 44.5 Å². The van der Waals surface area contributed by atoms with Crippen molar-refractivity contribution in [1.29, 1.82) is 0 Å². The number of hydrogen-bond donors (Lipinski definition) is 1. The third-order valence-electron chi connectivity index (χ3n) is 2.33. The predicted octanol–water partition coefficient (Wildman–Crippen LogP) is 1.70. The summed E-state index contributed by atoms with van der Waals surface area (Å²) in [4.78, 5) is 0. The van der Waals surface area contributed by atoms with Gasteiger partial charge in [0.15, 0.2) is 11.5 Å². The molecule has 1 aliphatic heterocycles. The first-order chi connectivity index (χ1) is 6.75. The molecule has 76 valence electrons. The zero-order valence-corrected chi connectivity index (χ0v) is 8.32. The highest BCUT2D eigenvalue weighted by molar-refractivity contribution is 5.44. The fourth-order valence-electron chi connectivity index (χ4n) is 1.49. The van der Waals surface area contributed by atoms with Gasteiger partial charge in [0.05, 0.1) is 0 Å². The van der Waals surface area contributed by atoms with E-state index in [9.17, 15) is 0 Å². The average molecular weight is 193 g/mol. The minimum atomic E-state index is 0.250. The molecule has 0 amide bonds. The summed E-state index contributed by atoms with van der Waals surface area (Å²) in [5.74, 6) is 1.70. The van der Waals surface area contributed by atoms with Gasteiger partial charge in [-0.3, -0.25) is 0 Å². The molecule has 1 atom stereocenters. The lowest BCUT2D eigenvalue weighted by Crippen LogP contribution is -2.15. The summed E-state index contributed by atoms with van der Waals surface area (Å²) in [5.41, 5.74) is 6.95. The zero-order chi connectivity index (χ0) is 9.97. The normalized spacial score (nSPS) is 15.6. The van der Waals surface area contributed by atoms with Crippen LogP contribution in [0.3, 0.4) is 0 Å². The maximum absolute atomic E-state index is 5.70. The molecule has 3 nitrogen and oxygen atoms in total. The van der Waals surface area contributed by atoms with Gasteiger partial charge in [-0.05, 0) is 37.5 Å². The molecule has 1 heterocycles. The van der Waals surface area contributed by atoms with Crippen LogP contribution in [0.5, 0.6) is 11.5 Å². The highest BCUT2D eigenvalue weighted by atomic mass is 16.7. The summed E-state index contributed by atoms with van der Waals surface area (Å²) in [6, 6.07) is 6.31. The summed E-state index contributed by atoms with van der Waals surface area (Å²) < 4.78 is 10.5. The van der Waals surface area contributed by atoms with Crippen LogP contribution >= 0.6 is 0 Å². The van der Waals surface area contributed by atoms with Crippen molar-refractivity contribution in [3.8, 4) is 11.5 Å². The van der Waals surface area contributed by atoms with Crippen LogP contribution in [0.1, 0.15) is 18.9 Å². The third-order valence-corrected chi connectivity index (χ3v) is 2.33. The second kappa shape index (κ2) is 3.88. The Morgan fingerprint density at radius 3 is 2.93 bits per heavy atom.